The summed E-state index contributed by atoms with van der Waals surface area (Å²) in [4.78, 5) is 28.9. The number of ether oxygens (including phenoxy) is 1. The van der Waals surface area contributed by atoms with Crippen LogP contribution in [0.2, 0.25) is 0 Å². The minimum atomic E-state index is -0.675. The molecule has 0 aliphatic heterocycles. The van der Waals surface area contributed by atoms with E-state index in [1.807, 2.05) is 86.6 Å². The number of hydrogen-bond acceptors (Lipinski definition) is 3. The lowest BCUT2D eigenvalue weighted by molar-refractivity contribution is -0.142. The van der Waals surface area contributed by atoms with Crippen LogP contribution in [0.1, 0.15) is 56.4 Å². The summed E-state index contributed by atoms with van der Waals surface area (Å²) in [7, 11) is 0. The molecular weight excluding hydrogens is 540 g/mol. The smallest absolute Gasteiger partial charge is 0.261 e. The Morgan fingerprint density at radius 2 is 1.68 bits per heavy atom. The number of amides is 2. The van der Waals surface area contributed by atoms with E-state index in [0.717, 1.165) is 27.6 Å². The average molecular weight is 580 g/mol. The van der Waals surface area contributed by atoms with Crippen molar-refractivity contribution in [2.75, 3.05) is 13.2 Å². The Kier molecular flexibility index (Phi) is 10.5. The van der Waals surface area contributed by atoms with Crippen molar-refractivity contribution in [2.24, 2.45) is 0 Å². The van der Waals surface area contributed by atoms with Crippen molar-refractivity contribution in [3.05, 3.63) is 99.5 Å². The molecule has 0 aromatic heterocycles. The minimum absolute atomic E-state index is 0.00226. The van der Waals surface area contributed by atoms with Crippen LogP contribution in [-0.4, -0.2) is 35.9 Å². The molecule has 2 amide bonds. The Hall–Kier alpha value is -3.12. The maximum absolute atomic E-state index is 13.8. The molecule has 5 nitrogen and oxygen atoms in total. The van der Waals surface area contributed by atoms with Gasteiger partial charge in [0.15, 0.2) is 6.61 Å². The lowest BCUT2D eigenvalue weighted by Gasteiger charge is -2.32. The van der Waals surface area contributed by atoms with E-state index < -0.39 is 6.04 Å². The molecule has 0 heterocycles. The van der Waals surface area contributed by atoms with Crippen LogP contribution in [0.3, 0.4) is 0 Å². The third-order valence-electron chi connectivity index (χ3n) is 6.57. The fourth-order valence-electron chi connectivity index (χ4n) is 4.20. The molecule has 6 heteroatoms. The SMILES string of the molecule is CCCNC(=O)[C@H](Cc1ccccc1)N(Cc1ccccc1C)C(=O)COc1ccc(C(C)(C)C)cc1Br. The van der Waals surface area contributed by atoms with Crippen LogP contribution < -0.4 is 10.1 Å². The van der Waals surface area contributed by atoms with Gasteiger partial charge in [-0.25, -0.2) is 0 Å². The molecule has 0 aliphatic rings. The summed E-state index contributed by atoms with van der Waals surface area (Å²) in [5, 5.41) is 3.01. The molecule has 202 valence electrons. The predicted molar refractivity (Wildman–Crippen MR) is 157 cm³/mol. The summed E-state index contributed by atoms with van der Waals surface area (Å²) in [5.41, 5.74) is 4.22. The number of hydrogen-bond donors (Lipinski definition) is 1. The van der Waals surface area contributed by atoms with E-state index in [4.69, 9.17) is 4.74 Å². The molecule has 1 atom stereocenters. The van der Waals surface area contributed by atoms with Crippen molar-refractivity contribution in [3.63, 3.8) is 0 Å². The molecule has 3 rings (SSSR count). The number of nitrogens with zero attached hydrogens (tertiary/aromatic N) is 1. The van der Waals surface area contributed by atoms with Gasteiger partial charge in [-0.1, -0.05) is 88.4 Å². The topological polar surface area (TPSA) is 58.6 Å². The van der Waals surface area contributed by atoms with Gasteiger partial charge in [-0.3, -0.25) is 9.59 Å². The third-order valence-corrected chi connectivity index (χ3v) is 7.19. The fourth-order valence-corrected chi connectivity index (χ4v) is 4.69. The maximum Gasteiger partial charge on any atom is 0.261 e. The van der Waals surface area contributed by atoms with Crippen molar-refractivity contribution in [1.29, 1.82) is 0 Å². The minimum Gasteiger partial charge on any atom is -0.483 e. The molecule has 0 bridgehead atoms. The van der Waals surface area contributed by atoms with Crippen molar-refractivity contribution < 1.29 is 14.3 Å². The summed E-state index contributed by atoms with van der Waals surface area (Å²) < 4.78 is 6.80. The molecule has 0 unspecified atom stereocenters. The van der Waals surface area contributed by atoms with Crippen LogP contribution in [0.25, 0.3) is 0 Å². The number of rotatable bonds is 11. The van der Waals surface area contributed by atoms with Crippen LogP contribution in [0.5, 0.6) is 5.75 Å². The van der Waals surface area contributed by atoms with Gasteiger partial charge in [0.2, 0.25) is 5.91 Å². The average Bonchev–Trinajstić information content (AvgIpc) is 2.89. The second-order valence-electron chi connectivity index (χ2n) is 10.6. The Morgan fingerprint density at radius 3 is 2.32 bits per heavy atom. The summed E-state index contributed by atoms with van der Waals surface area (Å²) in [6.45, 7) is 11.2. The van der Waals surface area contributed by atoms with Gasteiger partial charge >= 0.3 is 0 Å². The second-order valence-corrected chi connectivity index (χ2v) is 11.5. The van der Waals surface area contributed by atoms with E-state index in [0.29, 0.717) is 25.3 Å². The molecule has 38 heavy (non-hydrogen) atoms. The molecule has 0 aliphatic carbocycles. The standard InChI is InChI=1S/C32H39BrN2O3/c1-6-18-34-31(37)28(19-24-13-8-7-9-14-24)35(21-25-15-11-10-12-23(25)2)30(36)22-38-29-17-16-26(20-27(29)33)32(3,4)5/h7-17,20,28H,6,18-19,21-22H2,1-5H3,(H,34,37)/t28-/m0/s1. The molecule has 0 saturated carbocycles. The summed E-state index contributed by atoms with van der Waals surface area (Å²) >= 11 is 3.60. The van der Waals surface area contributed by atoms with Crippen LogP contribution in [0.4, 0.5) is 0 Å². The molecular formula is C32H39BrN2O3. The number of aryl methyl sites for hydroxylation is 1. The van der Waals surface area contributed by atoms with Crippen molar-refractivity contribution in [1.82, 2.24) is 10.2 Å². The number of benzene rings is 3. The molecule has 3 aromatic rings. The first-order chi connectivity index (χ1) is 18.1. The zero-order chi connectivity index (χ0) is 27.7. The number of nitrogens with one attached hydrogen (secondary N) is 1. The zero-order valence-electron chi connectivity index (χ0n) is 23.1. The highest BCUT2D eigenvalue weighted by atomic mass is 79.9. The molecule has 0 radical (unpaired) electrons. The summed E-state index contributed by atoms with van der Waals surface area (Å²) in [5.74, 6) is 0.193. The highest BCUT2D eigenvalue weighted by Crippen LogP contribution is 2.31. The van der Waals surface area contributed by atoms with Crippen molar-refractivity contribution in [3.8, 4) is 5.75 Å². The quantitative estimate of drug-likeness (QED) is 0.279. The van der Waals surface area contributed by atoms with E-state index >= 15 is 0 Å². The van der Waals surface area contributed by atoms with Gasteiger partial charge in [0.1, 0.15) is 11.8 Å². The molecule has 0 fully saturated rings. The van der Waals surface area contributed by atoms with Crippen LogP contribution in [0, 0.1) is 6.92 Å². The largest absolute Gasteiger partial charge is 0.483 e. The van der Waals surface area contributed by atoms with E-state index in [9.17, 15) is 9.59 Å². The normalized spacial score (nSPS) is 12.1. The van der Waals surface area contributed by atoms with Crippen LogP contribution in [0.15, 0.2) is 77.3 Å². The Bertz CT molecular complexity index is 1220. The fraction of sp³-hybridized carbons (Fsp3) is 0.375. The maximum atomic E-state index is 13.8. The van der Waals surface area contributed by atoms with Crippen LogP contribution >= 0.6 is 15.9 Å². The second kappa shape index (κ2) is 13.6. The van der Waals surface area contributed by atoms with Gasteiger partial charge in [-0.05, 0) is 69.1 Å². The van der Waals surface area contributed by atoms with Gasteiger partial charge in [0, 0.05) is 19.5 Å². The first-order valence-corrected chi connectivity index (χ1v) is 14.0. The summed E-state index contributed by atoms with van der Waals surface area (Å²) in [6, 6.07) is 23.0. The van der Waals surface area contributed by atoms with Gasteiger partial charge in [0.25, 0.3) is 5.91 Å². The predicted octanol–water partition coefficient (Wildman–Crippen LogP) is 6.60. The molecule has 0 saturated heterocycles. The summed E-state index contributed by atoms with van der Waals surface area (Å²) in [6.07, 6.45) is 1.23. The van der Waals surface area contributed by atoms with Crippen molar-refractivity contribution in [2.45, 2.75) is 65.5 Å². The lowest BCUT2D eigenvalue weighted by atomic mass is 9.87. The third kappa shape index (κ3) is 8.19. The van der Waals surface area contributed by atoms with E-state index in [2.05, 4.69) is 42.0 Å². The van der Waals surface area contributed by atoms with Gasteiger partial charge in [-0.2, -0.15) is 0 Å². The Morgan fingerprint density at radius 1 is 1.00 bits per heavy atom. The number of carbonyl (C=O) groups is 2. The van der Waals surface area contributed by atoms with Gasteiger partial charge in [0.05, 0.1) is 4.47 Å². The lowest BCUT2D eigenvalue weighted by Crippen LogP contribution is -2.51. The van der Waals surface area contributed by atoms with E-state index in [-0.39, 0.29) is 23.8 Å². The molecule has 3 aromatic carbocycles. The highest BCUT2D eigenvalue weighted by Gasteiger charge is 2.31. The number of halogens is 1. The monoisotopic (exact) mass is 578 g/mol. The Balaban J connectivity index is 1.90. The first kappa shape index (κ1) is 29.4. The van der Waals surface area contributed by atoms with Gasteiger partial charge in [-0.15, -0.1) is 0 Å². The molecule has 0 spiro atoms. The number of carbonyl (C=O) groups excluding carboxylic acids is 2. The van der Waals surface area contributed by atoms with Crippen molar-refractivity contribution >= 4 is 27.7 Å². The first-order valence-electron chi connectivity index (χ1n) is 13.2. The van der Waals surface area contributed by atoms with E-state index in [1.165, 1.54) is 5.56 Å². The van der Waals surface area contributed by atoms with E-state index in [1.54, 1.807) is 4.90 Å². The van der Waals surface area contributed by atoms with Crippen LogP contribution in [-0.2, 0) is 28.0 Å². The van der Waals surface area contributed by atoms with Gasteiger partial charge < -0.3 is 15.0 Å². The molecule has 1 N–H and O–H groups in total. The Labute approximate surface area is 235 Å². The highest BCUT2D eigenvalue weighted by molar-refractivity contribution is 9.10. The zero-order valence-corrected chi connectivity index (χ0v) is 24.7.